The Kier molecular flexibility index (Phi) is 3.45. The molecule has 0 bridgehead atoms. The molecule has 0 radical (unpaired) electrons. The summed E-state index contributed by atoms with van der Waals surface area (Å²) in [6, 6.07) is 1.82. The highest BCUT2D eigenvalue weighted by Crippen LogP contribution is 2.36. The van der Waals surface area contributed by atoms with Crippen LogP contribution in [0.3, 0.4) is 0 Å². The Morgan fingerprint density at radius 3 is 2.41 bits per heavy atom. The summed E-state index contributed by atoms with van der Waals surface area (Å²) in [5.41, 5.74) is -0.0239. The van der Waals surface area contributed by atoms with Crippen LogP contribution in [0.1, 0.15) is 27.7 Å². The van der Waals surface area contributed by atoms with Gasteiger partial charge in [0.1, 0.15) is 5.82 Å². The second-order valence-corrected chi connectivity index (χ2v) is 6.26. The number of hydrogen-bond donors (Lipinski definition) is 1. The van der Waals surface area contributed by atoms with E-state index in [4.69, 9.17) is 9.31 Å². The molecule has 3 rings (SSSR count). The molecule has 7 nitrogen and oxygen atoms in total. The van der Waals surface area contributed by atoms with E-state index in [9.17, 15) is 0 Å². The quantitative estimate of drug-likeness (QED) is 0.853. The lowest BCUT2D eigenvalue weighted by Crippen LogP contribution is -2.41. The van der Waals surface area contributed by atoms with E-state index in [-0.39, 0.29) is 0 Å². The molecule has 0 unspecified atom stereocenters. The second-order valence-electron chi connectivity index (χ2n) is 6.26. The first-order valence-corrected chi connectivity index (χ1v) is 7.24. The predicted molar refractivity (Wildman–Crippen MR) is 84.4 cm³/mol. The van der Waals surface area contributed by atoms with Gasteiger partial charge in [0.25, 0.3) is 5.95 Å². The summed E-state index contributed by atoms with van der Waals surface area (Å²) >= 11 is 0. The van der Waals surface area contributed by atoms with E-state index >= 15 is 0 Å². The fraction of sp³-hybridized carbons (Fsp3) is 0.500. The molecule has 116 valence electrons. The van der Waals surface area contributed by atoms with Crippen LogP contribution >= 0.6 is 0 Å². The summed E-state index contributed by atoms with van der Waals surface area (Å²) in [5, 5.41) is 7.21. The maximum atomic E-state index is 6.06. The number of nitrogens with one attached hydrogen (secondary N) is 1. The monoisotopic (exact) mass is 301 g/mol. The molecule has 0 aliphatic carbocycles. The van der Waals surface area contributed by atoms with Crippen LogP contribution in [0.5, 0.6) is 0 Å². The molecular formula is C14H20BN5O2. The standard InChI is InChI=1S/C14H20BN5O2/c1-13(2)14(3,4)22-15(21-13)10-9-17-12(19-11(10)16-5)20-8-6-7-18-20/h6-9H,1-5H3,(H,16,17,19). The lowest BCUT2D eigenvalue weighted by atomic mass is 9.80. The van der Waals surface area contributed by atoms with Crippen molar-refractivity contribution in [2.24, 2.45) is 0 Å². The number of hydrogen-bond acceptors (Lipinski definition) is 6. The highest BCUT2D eigenvalue weighted by molar-refractivity contribution is 6.63. The molecule has 0 spiro atoms. The van der Waals surface area contributed by atoms with Gasteiger partial charge in [-0.1, -0.05) is 0 Å². The molecule has 2 aromatic rings. The summed E-state index contributed by atoms with van der Waals surface area (Å²) in [6.07, 6.45) is 5.20. The van der Waals surface area contributed by atoms with E-state index < -0.39 is 18.3 Å². The van der Waals surface area contributed by atoms with Crippen LogP contribution in [-0.4, -0.2) is 45.1 Å². The molecule has 1 saturated heterocycles. The molecule has 22 heavy (non-hydrogen) atoms. The maximum Gasteiger partial charge on any atom is 0.500 e. The van der Waals surface area contributed by atoms with Gasteiger partial charge in [-0.25, -0.2) is 9.67 Å². The number of nitrogens with zero attached hydrogens (tertiary/aromatic N) is 4. The molecule has 0 aromatic carbocycles. The van der Waals surface area contributed by atoms with Crippen molar-refractivity contribution >= 4 is 18.4 Å². The Balaban J connectivity index is 1.95. The summed E-state index contributed by atoms with van der Waals surface area (Å²) in [4.78, 5) is 8.85. The Morgan fingerprint density at radius 2 is 1.86 bits per heavy atom. The summed E-state index contributed by atoms with van der Waals surface area (Å²) in [5.74, 6) is 1.16. The van der Waals surface area contributed by atoms with Crippen molar-refractivity contribution in [2.75, 3.05) is 12.4 Å². The second kappa shape index (κ2) is 5.07. The third-order valence-corrected chi connectivity index (χ3v) is 4.26. The SMILES string of the molecule is CNc1nc(-n2cccn2)ncc1B1OC(C)(C)C(C)(C)O1. The van der Waals surface area contributed by atoms with E-state index in [1.165, 1.54) is 0 Å². The smallest absolute Gasteiger partial charge is 0.399 e. The molecule has 3 heterocycles. The lowest BCUT2D eigenvalue weighted by molar-refractivity contribution is 0.00578. The van der Waals surface area contributed by atoms with Crippen molar-refractivity contribution in [3.63, 3.8) is 0 Å². The van der Waals surface area contributed by atoms with E-state index in [1.807, 2.05) is 40.8 Å². The van der Waals surface area contributed by atoms with E-state index in [0.29, 0.717) is 11.8 Å². The van der Waals surface area contributed by atoms with Crippen LogP contribution in [0.2, 0.25) is 0 Å². The molecule has 1 aliphatic rings. The molecule has 8 heteroatoms. The van der Waals surface area contributed by atoms with Gasteiger partial charge in [0.05, 0.1) is 11.2 Å². The van der Waals surface area contributed by atoms with E-state index in [2.05, 4.69) is 20.4 Å². The normalized spacial score (nSPS) is 19.4. The van der Waals surface area contributed by atoms with Gasteiger partial charge in [0, 0.05) is 31.1 Å². The largest absolute Gasteiger partial charge is 0.500 e. The number of aromatic nitrogens is 4. The molecular weight excluding hydrogens is 281 g/mol. The van der Waals surface area contributed by atoms with Crippen molar-refractivity contribution in [1.29, 1.82) is 0 Å². The Bertz CT molecular complexity index is 656. The Hall–Kier alpha value is -1.93. The Labute approximate surface area is 130 Å². The first-order chi connectivity index (χ1) is 10.3. The minimum absolute atomic E-state index is 0.399. The van der Waals surface area contributed by atoms with Gasteiger partial charge in [-0.05, 0) is 33.8 Å². The molecule has 1 aliphatic heterocycles. The first-order valence-electron chi connectivity index (χ1n) is 7.24. The van der Waals surface area contributed by atoms with Crippen molar-refractivity contribution in [3.05, 3.63) is 24.7 Å². The zero-order valence-corrected chi connectivity index (χ0v) is 13.5. The van der Waals surface area contributed by atoms with E-state index in [1.54, 1.807) is 23.3 Å². The van der Waals surface area contributed by atoms with Crippen molar-refractivity contribution in [1.82, 2.24) is 19.7 Å². The van der Waals surface area contributed by atoms with Gasteiger partial charge < -0.3 is 14.6 Å². The maximum absolute atomic E-state index is 6.06. The fourth-order valence-corrected chi connectivity index (χ4v) is 2.22. The molecule has 0 atom stereocenters. The van der Waals surface area contributed by atoms with Gasteiger partial charge in [-0.15, -0.1) is 0 Å². The molecule has 2 aromatic heterocycles. The zero-order chi connectivity index (χ0) is 16.0. The fourth-order valence-electron chi connectivity index (χ4n) is 2.22. The van der Waals surface area contributed by atoms with Crippen molar-refractivity contribution < 1.29 is 9.31 Å². The average molecular weight is 301 g/mol. The molecule has 0 amide bonds. The summed E-state index contributed by atoms with van der Waals surface area (Å²) < 4.78 is 13.7. The van der Waals surface area contributed by atoms with Crippen LogP contribution in [0.25, 0.3) is 5.95 Å². The average Bonchev–Trinajstić information content (AvgIpc) is 3.05. The third kappa shape index (κ3) is 2.38. The van der Waals surface area contributed by atoms with Gasteiger partial charge in [0.2, 0.25) is 0 Å². The Morgan fingerprint density at radius 1 is 1.18 bits per heavy atom. The summed E-state index contributed by atoms with van der Waals surface area (Å²) in [7, 11) is 1.31. The van der Waals surface area contributed by atoms with Crippen LogP contribution in [0.4, 0.5) is 5.82 Å². The lowest BCUT2D eigenvalue weighted by Gasteiger charge is -2.32. The van der Waals surface area contributed by atoms with Crippen LogP contribution in [0.15, 0.2) is 24.7 Å². The third-order valence-electron chi connectivity index (χ3n) is 4.26. The van der Waals surface area contributed by atoms with Crippen LogP contribution in [-0.2, 0) is 9.31 Å². The predicted octanol–water partition coefficient (Wildman–Crippen LogP) is 1.00. The van der Waals surface area contributed by atoms with Gasteiger partial charge in [-0.3, -0.25) is 0 Å². The molecule has 1 fully saturated rings. The first kappa shape index (κ1) is 15.0. The molecule has 1 N–H and O–H groups in total. The van der Waals surface area contributed by atoms with Crippen molar-refractivity contribution in [3.8, 4) is 5.95 Å². The van der Waals surface area contributed by atoms with Gasteiger partial charge in [0.15, 0.2) is 0 Å². The minimum Gasteiger partial charge on any atom is -0.399 e. The van der Waals surface area contributed by atoms with Gasteiger partial charge in [-0.2, -0.15) is 10.1 Å². The van der Waals surface area contributed by atoms with Crippen molar-refractivity contribution in [2.45, 2.75) is 38.9 Å². The number of anilines is 1. The zero-order valence-electron chi connectivity index (χ0n) is 13.5. The number of rotatable bonds is 3. The van der Waals surface area contributed by atoms with E-state index in [0.717, 1.165) is 5.46 Å². The van der Waals surface area contributed by atoms with Gasteiger partial charge >= 0.3 is 7.12 Å². The van der Waals surface area contributed by atoms with Crippen LogP contribution in [0, 0.1) is 0 Å². The summed E-state index contributed by atoms with van der Waals surface area (Å²) in [6.45, 7) is 8.08. The highest BCUT2D eigenvalue weighted by atomic mass is 16.7. The molecule has 0 saturated carbocycles. The van der Waals surface area contributed by atoms with Crippen LogP contribution < -0.4 is 10.8 Å². The topological polar surface area (TPSA) is 74.1 Å². The minimum atomic E-state index is -0.501. The highest BCUT2D eigenvalue weighted by Gasteiger charge is 2.52.